The second-order valence-electron chi connectivity index (χ2n) is 10.5. The normalized spacial score (nSPS) is 14.9. The molecule has 0 bridgehead atoms. The summed E-state index contributed by atoms with van der Waals surface area (Å²) in [6.07, 6.45) is 10.4. The van der Waals surface area contributed by atoms with E-state index in [2.05, 4.69) is 34.6 Å². The van der Waals surface area contributed by atoms with Crippen LogP contribution in [0.25, 0.3) is 0 Å². The fourth-order valence-electron chi connectivity index (χ4n) is 4.30. The van der Waals surface area contributed by atoms with Crippen molar-refractivity contribution in [3.8, 4) is 0 Å². The second-order valence-corrected chi connectivity index (χ2v) is 12.1. The van der Waals surface area contributed by atoms with Crippen LogP contribution in [0, 0.1) is 30.6 Å². The smallest absolute Gasteiger partial charge is 0.303 e. The lowest BCUT2D eigenvalue weighted by atomic mass is 9.90. The summed E-state index contributed by atoms with van der Waals surface area (Å²) in [5, 5.41) is 8.65. The lowest BCUT2D eigenvalue weighted by Gasteiger charge is -2.19. The quantitative estimate of drug-likeness (QED) is 0.196. The van der Waals surface area contributed by atoms with Crippen LogP contribution in [0.3, 0.4) is 0 Å². The van der Waals surface area contributed by atoms with Gasteiger partial charge < -0.3 is 10.8 Å². The maximum absolute atomic E-state index is 12.2. The standard InChI is InChI=1S/C18H30O3S.C11H23NO2/c1-5-7-8-16(4)13-17(6-2)14-21-22(19,20)18-11-9-15(3)10-12-18;1-3-4-5-9(2)6-10(8-12)7-11(13)14/h9-12,16-17H,5-8,13-14H2,1-4H3;9-10H,3-8,12H2,1-2H3,(H,13,14)/t16-,17-;9-,10+/m11/s1. The molecule has 0 spiro atoms. The maximum Gasteiger partial charge on any atom is 0.303 e. The van der Waals surface area contributed by atoms with E-state index in [0.717, 1.165) is 24.8 Å². The van der Waals surface area contributed by atoms with Gasteiger partial charge in [-0.3, -0.25) is 8.98 Å². The monoisotopic (exact) mass is 527 g/mol. The van der Waals surface area contributed by atoms with Crippen molar-refractivity contribution in [1.82, 2.24) is 0 Å². The molecule has 3 N–H and O–H groups in total. The molecule has 1 aromatic rings. The molecule has 0 fully saturated rings. The highest BCUT2D eigenvalue weighted by Gasteiger charge is 2.19. The van der Waals surface area contributed by atoms with Crippen molar-refractivity contribution in [3.05, 3.63) is 29.8 Å². The van der Waals surface area contributed by atoms with Crippen LogP contribution >= 0.6 is 0 Å². The third kappa shape index (κ3) is 16.3. The third-order valence-electron chi connectivity index (χ3n) is 6.71. The molecule has 0 heterocycles. The third-order valence-corrected chi connectivity index (χ3v) is 8.01. The van der Waals surface area contributed by atoms with Crippen LogP contribution in [0.2, 0.25) is 0 Å². The summed E-state index contributed by atoms with van der Waals surface area (Å²) in [5.41, 5.74) is 6.57. The predicted octanol–water partition coefficient (Wildman–Crippen LogP) is 7.20. The topological polar surface area (TPSA) is 107 Å². The molecule has 6 nitrogen and oxygen atoms in total. The first-order chi connectivity index (χ1) is 17.0. The Morgan fingerprint density at radius 3 is 1.86 bits per heavy atom. The van der Waals surface area contributed by atoms with Crippen LogP contribution in [-0.4, -0.2) is 32.6 Å². The zero-order valence-corrected chi connectivity index (χ0v) is 24.5. The minimum Gasteiger partial charge on any atom is -0.481 e. The molecule has 4 atom stereocenters. The Labute approximate surface area is 221 Å². The van der Waals surface area contributed by atoms with Crippen LogP contribution < -0.4 is 5.73 Å². The molecule has 0 aliphatic heterocycles. The first kappa shape index (κ1) is 34.6. The van der Waals surface area contributed by atoms with E-state index in [9.17, 15) is 13.2 Å². The summed E-state index contributed by atoms with van der Waals surface area (Å²) < 4.78 is 29.7. The summed E-state index contributed by atoms with van der Waals surface area (Å²) in [6, 6.07) is 6.80. The molecule has 0 saturated carbocycles. The van der Waals surface area contributed by atoms with Gasteiger partial charge in [0.2, 0.25) is 0 Å². The average Bonchev–Trinajstić information content (AvgIpc) is 2.83. The summed E-state index contributed by atoms with van der Waals surface area (Å²) >= 11 is 0. The summed E-state index contributed by atoms with van der Waals surface area (Å²) in [4.78, 5) is 10.8. The Hall–Kier alpha value is -1.44. The molecular weight excluding hydrogens is 474 g/mol. The van der Waals surface area contributed by atoms with Crippen molar-refractivity contribution in [2.75, 3.05) is 13.2 Å². The van der Waals surface area contributed by atoms with Crippen molar-refractivity contribution < 1.29 is 22.5 Å². The summed E-state index contributed by atoms with van der Waals surface area (Å²) in [5.74, 6) is 0.938. The zero-order valence-electron chi connectivity index (χ0n) is 23.7. The van der Waals surface area contributed by atoms with E-state index in [4.69, 9.17) is 15.0 Å². The van der Waals surface area contributed by atoms with Gasteiger partial charge in [0.15, 0.2) is 0 Å². The molecule has 0 saturated heterocycles. The van der Waals surface area contributed by atoms with Gasteiger partial charge in [0, 0.05) is 6.42 Å². The van der Waals surface area contributed by atoms with Crippen LogP contribution in [0.1, 0.15) is 104 Å². The number of carbonyl (C=O) groups is 1. The molecule has 0 aliphatic rings. The van der Waals surface area contributed by atoms with E-state index < -0.39 is 16.1 Å². The van der Waals surface area contributed by atoms with Gasteiger partial charge in [0.25, 0.3) is 10.1 Å². The maximum atomic E-state index is 12.2. The van der Waals surface area contributed by atoms with Crippen molar-refractivity contribution in [2.24, 2.45) is 29.4 Å². The highest BCUT2D eigenvalue weighted by atomic mass is 32.2. The van der Waals surface area contributed by atoms with Crippen LogP contribution in [0.5, 0.6) is 0 Å². The van der Waals surface area contributed by atoms with Gasteiger partial charge in [-0.2, -0.15) is 8.42 Å². The number of hydrogen-bond donors (Lipinski definition) is 2. The van der Waals surface area contributed by atoms with Gasteiger partial charge in [-0.15, -0.1) is 0 Å². The second kappa shape index (κ2) is 19.6. The fraction of sp³-hybridized carbons (Fsp3) is 0.759. The SMILES string of the molecule is CCCC[C@@H](C)C[C@@H](CC)COS(=O)(=O)c1ccc(C)cc1.CCCC[C@@H](C)C[C@H](CN)CC(=O)O. The summed E-state index contributed by atoms with van der Waals surface area (Å²) in [6.45, 7) is 13.6. The van der Waals surface area contributed by atoms with Crippen molar-refractivity contribution >= 4 is 16.1 Å². The van der Waals surface area contributed by atoms with Crippen molar-refractivity contribution in [2.45, 2.75) is 111 Å². The highest BCUT2D eigenvalue weighted by molar-refractivity contribution is 7.86. The number of carboxylic acids is 1. The van der Waals surface area contributed by atoms with Crippen LogP contribution in [0.4, 0.5) is 0 Å². The minimum absolute atomic E-state index is 0.152. The Kier molecular flexibility index (Phi) is 18.9. The lowest BCUT2D eigenvalue weighted by molar-refractivity contribution is -0.138. The van der Waals surface area contributed by atoms with Gasteiger partial charge in [-0.1, -0.05) is 97.3 Å². The number of aryl methyl sites for hydroxylation is 1. The number of nitrogens with two attached hydrogens (primary N) is 1. The number of hydrogen-bond acceptors (Lipinski definition) is 5. The number of unbranched alkanes of at least 4 members (excludes halogenated alkanes) is 2. The molecule has 1 aromatic carbocycles. The molecule has 0 unspecified atom stereocenters. The van der Waals surface area contributed by atoms with Crippen molar-refractivity contribution in [1.29, 1.82) is 0 Å². The Bertz CT molecular complexity index is 794. The molecule has 210 valence electrons. The van der Waals surface area contributed by atoms with Gasteiger partial charge in [-0.25, -0.2) is 0 Å². The highest BCUT2D eigenvalue weighted by Crippen LogP contribution is 2.23. The number of rotatable bonds is 18. The zero-order chi connectivity index (χ0) is 27.6. The van der Waals surface area contributed by atoms with Gasteiger partial charge in [0.05, 0.1) is 11.5 Å². The van der Waals surface area contributed by atoms with Crippen LogP contribution in [-0.2, 0) is 19.1 Å². The Balaban J connectivity index is 0.000000757. The van der Waals surface area contributed by atoms with E-state index in [1.807, 2.05) is 6.92 Å². The van der Waals surface area contributed by atoms with Crippen molar-refractivity contribution in [3.63, 3.8) is 0 Å². The Morgan fingerprint density at radius 2 is 1.44 bits per heavy atom. The van der Waals surface area contributed by atoms with E-state index in [-0.39, 0.29) is 23.8 Å². The average molecular weight is 528 g/mol. The minimum atomic E-state index is -3.63. The predicted molar refractivity (Wildman–Crippen MR) is 150 cm³/mol. The first-order valence-electron chi connectivity index (χ1n) is 13.9. The fourth-order valence-corrected chi connectivity index (χ4v) is 5.28. The summed E-state index contributed by atoms with van der Waals surface area (Å²) in [7, 11) is -3.63. The van der Waals surface area contributed by atoms with Crippen LogP contribution in [0.15, 0.2) is 29.2 Å². The van der Waals surface area contributed by atoms with Gasteiger partial charge in [-0.05, 0) is 62.1 Å². The van der Waals surface area contributed by atoms with E-state index in [0.29, 0.717) is 24.3 Å². The first-order valence-corrected chi connectivity index (χ1v) is 15.3. The number of aliphatic carboxylic acids is 1. The molecule has 0 aliphatic carbocycles. The number of carboxylic acid groups (broad SMARTS) is 1. The van der Waals surface area contributed by atoms with E-state index in [1.165, 1.54) is 38.5 Å². The molecular formula is C29H53NO5S. The Morgan fingerprint density at radius 1 is 0.944 bits per heavy atom. The largest absolute Gasteiger partial charge is 0.481 e. The van der Waals surface area contributed by atoms with Gasteiger partial charge in [0.1, 0.15) is 0 Å². The molecule has 0 aromatic heterocycles. The van der Waals surface area contributed by atoms with E-state index >= 15 is 0 Å². The molecule has 0 amide bonds. The van der Waals surface area contributed by atoms with Gasteiger partial charge >= 0.3 is 5.97 Å². The lowest BCUT2D eigenvalue weighted by Crippen LogP contribution is -2.20. The molecule has 0 radical (unpaired) electrons. The van der Waals surface area contributed by atoms with E-state index in [1.54, 1.807) is 24.3 Å². The number of benzene rings is 1. The molecule has 36 heavy (non-hydrogen) atoms. The molecule has 7 heteroatoms. The molecule has 1 rings (SSSR count).